The lowest BCUT2D eigenvalue weighted by Crippen LogP contribution is -2.41. The third-order valence-corrected chi connectivity index (χ3v) is 4.11. The molecule has 0 bridgehead atoms. The minimum atomic E-state index is -0.699. The van der Waals surface area contributed by atoms with Crippen molar-refractivity contribution in [3.63, 3.8) is 0 Å². The van der Waals surface area contributed by atoms with Crippen molar-refractivity contribution in [3.8, 4) is 5.75 Å². The highest BCUT2D eigenvalue weighted by Gasteiger charge is 2.52. The molecule has 1 aromatic rings. The summed E-state index contributed by atoms with van der Waals surface area (Å²) in [6.45, 7) is 10.0. The lowest BCUT2D eigenvalue weighted by molar-refractivity contribution is 0.00578. The van der Waals surface area contributed by atoms with Gasteiger partial charge < -0.3 is 14.0 Å². The van der Waals surface area contributed by atoms with Gasteiger partial charge in [0.1, 0.15) is 11.6 Å². The fourth-order valence-corrected chi connectivity index (χ4v) is 2.29. The molecule has 0 saturated carbocycles. The largest absolute Gasteiger partial charge is 0.498 e. The molecular weight excluding hydrogens is 281 g/mol. The Balaban J connectivity index is 2.44. The molecule has 3 nitrogen and oxygen atoms in total. The topological polar surface area (TPSA) is 27.7 Å². The van der Waals surface area contributed by atoms with Crippen molar-refractivity contribution in [2.75, 3.05) is 6.61 Å². The highest BCUT2D eigenvalue weighted by Crippen LogP contribution is 2.38. The fraction of sp³-hybridized carbons (Fsp3) is 0.571. The van der Waals surface area contributed by atoms with Gasteiger partial charge in [-0.25, -0.2) is 4.39 Å². The van der Waals surface area contributed by atoms with Gasteiger partial charge in [-0.3, -0.25) is 0 Å². The normalized spacial score (nSPS) is 20.2. The first-order valence-corrected chi connectivity index (χ1v) is 7.03. The van der Waals surface area contributed by atoms with Crippen LogP contribution in [0.5, 0.6) is 5.75 Å². The van der Waals surface area contributed by atoms with E-state index < -0.39 is 24.1 Å². The van der Waals surface area contributed by atoms with Crippen LogP contribution in [0.1, 0.15) is 34.6 Å². The molecule has 1 saturated heterocycles. The van der Waals surface area contributed by atoms with Crippen LogP contribution in [0.4, 0.5) is 4.39 Å². The van der Waals surface area contributed by atoms with Crippen LogP contribution in [-0.2, 0) is 9.31 Å². The van der Waals surface area contributed by atoms with Crippen molar-refractivity contribution in [2.45, 2.75) is 45.8 Å². The first-order chi connectivity index (χ1) is 9.18. The van der Waals surface area contributed by atoms with Gasteiger partial charge in [0, 0.05) is 5.46 Å². The Morgan fingerprint density at radius 3 is 2.25 bits per heavy atom. The molecule has 1 aromatic carbocycles. The van der Waals surface area contributed by atoms with Crippen molar-refractivity contribution in [2.24, 2.45) is 0 Å². The van der Waals surface area contributed by atoms with Crippen LogP contribution >= 0.6 is 11.6 Å². The first kappa shape index (κ1) is 15.6. The molecule has 0 N–H and O–H groups in total. The molecule has 20 heavy (non-hydrogen) atoms. The number of hydrogen-bond donors (Lipinski definition) is 0. The Labute approximate surface area is 124 Å². The van der Waals surface area contributed by atoms with E-state index in [2.05, 4.69) is 0 Å². The molecule has 0 unspecified atom stereocenters. The van der Waals surface area contributed by atoms with Crippen molar-refractivity contribution in [1.82, 2.24) is 0 Å². The van der Waals surface area contributed by atoms with Gasteiger partial charge in [0.2, 0.25) is 0 Å². The number of benzene rings is 1. The van der Waals surface area contributed by atoms with E-state index in [9.17, 15) is 4.39 Å². The third kappa shape index (κ3) is 2.67. The van der Waals surface area contributed by atoms with Crippen LogP contribution in [-0.4, -0.2) is 24.9 Å². The Bertz CT molecular complexity index is 503. The summed E-state index contributed by atoms with van der Waals surface area (Å²) in [6.07, 6.45) is 0. The van der Waals surface area contributed by atoms with E-state index in [0.717, 1.165) is 0 Å². The minimum Gasteiger partial charge on any atom is -0.493 e. The summed E-state index contributed by atoms with van der Waals surface area (Å²) in [7, 11) is -0.699. The highest BCUT2D eigenvalue weighted by molar-refractivity contribution is 6.63. The first-order valence-electron chi connectivity index (χ1n) is 6.65. The van der Waals surface area contributed by atoms with Crippen molar-refractivity contribution < 1.29 is 18.4 Å². The van der Waals surface area contributed by atoms with Crippen LogP contribution in [0.25, 0.3) is 0 Å². The average Bonchev–Trinajstić information content (AvgIpc) is 2.51. The van der Waals surface area contributed by atoms with E-state index in [1.165, 1.54) is 12.1 Å². The lowest BCUT2D eigenvalue weighted by Gasteiger charge is -2.32. The molecule has 6 heteroatoms. The summed E-state index contributed by atoms with van der Waals surface area (Å²) in [5, 5.41) is 0.219. The molecule has 0 atom stereocenters. The Kier molecular flexibility index (Phi) is 4.06. The number of hydrogen-bond acceptors (Lipinski definition) is 3. The van der Waals surface area contributed by atoms with Gasteiger partial charge in [-0.1, -0.05) is 11.6 Å². The smallest absolute Gasteiger partial charge is 0.493 e. The zero-order valence-corrected chi connectivity index (χ0v) is 13.2. The summed E-state index contributed by atoms with van der Waals surface area (Å²) in [5.41, 5.74) is -0.518. The molecule has 1 aliphatic heterocycles. The van der Waals surface area contributed by atoms with Crippen LogP contribution in [0.2, 0.25) is 5.02 Å². The molecule has 0 aromatic heterocycles. The summed E-state index contributed by atoms with van der Waals surface area (Å²) in [5.74, 6) is -0.0303. The molecule has 1 fully saturated rings. The predicted molar refractivity (Wildman–Crippen MR) is 78.3 cm³/mol. The Morgan fingerprint density at radius 2 is 1.75 bits per heavy atom. The zero-order valence-electron chi connectivity index (χ0n) is 12.4. The SMILES string of the molecule is CCOc1c(Cl)cc(F)cc1B1OC(C)(C)C(C)(C)O1. The van der Waals surface area contributed by atoms with E-state index in [0.29, 0.717) is 17.8 Å². The summed E-state index contributed by atoms with van der Waals surface area (Å²) < 4.78 is 31.0. The fourth-order valence-electron chi connectivity index (χ4n) is 2.02. The summed E-state index contributed by atoms with van der Waals surface area (Å²) in [6, 6.07) is 2.57. The Hall–Kier alpha value is -0.775. The van der Waals surface area contributed by atoms with Crippen molar-refractivity contribution in [3.05, 3.63) is 23.0 Å². The van der Waals surface area contributed by atoms with Gasteiger partial charge in [0.25, 0.3) is 0 Å². The molecule has 0 amide bonds. The van der Waals surface area contributed by atoms with Crippen molar-refractivity contribution in [1.29, 1.82) is 0 Å². The molecule has 2 rings (SSSR count). The number of rotatable bonds is 3. The van der Waals surface area contributed by atoms with E-state index in [-0.39, 0.29) is 5.02 Å². The minimum absolute atomic E-state index is 0.219. The van der Waals surface area contributed by atoms with Crippen LogP contribution < -0.4 is 10.2 Å². The van der Waals surface area contributed by atoms with Gasteiger partial charge in [0.05, 0.1) is 22.8 Å². The van der Waals surface area contributed by atoms with Gasteiger partial charge in [0.15, 0.2) is 0 Å². The van der Waals surface area contributed by atoms with E-state index in [4.69, 9.17) is 25.6 Å². The van der Waals surface area contributed by atoms with Crippen LogP contribution in [0, 0.1) is 5.82 Å². The average molecular weight is 301 g/mol. The predicted octanol–water partition coefficient (Wildman–Crippen LogP) is 3.18. The maximum absolute atomic E-state index is 13.6. The molecule has 1 heterocycles. The monoisotopic (exact) mass is 300 g/mol. The van der Waals surface area contributed by atoms with Gasteiger partial charge in [-0.2, -0.15) is 0 Å². The van der Waals surface area contributed by atoms with E-state index in [1.54, 1.807) is 0 Å². The van der Waals surface area contributed by atoms with Crippen LogP contribution in [0.15, 0.2) is 12.1 Å². The third-order valence-electron chi connectivity index (χ3n) is 3.83. The van der Waals surface area contributed by atoms with Crippen LogP contribution in [0.3, 0.4) is 0 Å². The number of halogens is 2. The maximum Gasteiger partial charge on any atom is 0.498 e. The molecule has 0 radical (unpaired) electrons. The zero-order chi connectivity index (χ0) is 15.1. The second-order valence-corrected chi connectivity index (χ2v) is 6.23. The van der Waals surface area contributed by atoms with Gasteiger partial charge in [-0.15, -0.1) is 0 Å². The lowest BCUT2D eigenvalue weighted by atomic mass is 9.78. The summed E-state index contributed by atoms with van der Waals surface area (Å²) in [4.78, 5) is 0. The molecule has 0 spiro atoms. The molecule has 1 aliphatic rings. The standard InChI is InChI=1S/C14H19BClFO3/c1-6-18-12-10(7-9(17)8-11(12)16)15-19-13(2,3)14(4,5)20-15/h7-8H,6H2,1-5H3. The van der Waals surface area contributed by atoms with E-state index in [1.807, 2.05) is 34.6 Å². The molecule has 110 valence electrons. The van der Waals surface area contributed by atoms with Crippen molar-refractivity contribution >= 4 is 24.2 Å². The van der Waals surface area contributed by atoms with E-state index >= 15 is 0 Å². The second-order valence-electron chi connectivity index (χ2n) is 5.83. The van der Waals surface area contributed by atoms with Gasteiger partial charge >= 0.3 is 7.12 Å². The van der Waals surface area contributed by atoms with Gasteiger partial charge in [-0.05, 0) is 46.8 Å². The number of ether oxygens (including phenoxy) is 1. The molecular formula is C14H19BClFO3. The second kappa shape index (κ2) is 5.21. The quantitative estimate of drug-likeness (QED) is 0.803. The maximum atomic E-state index is 13.6. The molecule has 0 aliphatic carbocycles. The Morgan fingerprint density at radius 1 is 1.20 bits per heavy atom. The highest BCUT2D eigenvalue weighted by atomic mass is 35.5. The summed E-state index contributed by atoms with van der Waals surface area (Å²) >= 11 is 6.06.